The molecule has 0 amide bonds. The predicted octanol–water partition coefficient (Wildman–Crippen LogP) is 2.85. The second-order valence-electron chi connectivity index (χ2n) is 4.71. The van der Waals surface area contributed by atoms with Gasteiger partial charge in [0.2, 0.25) is 0 Å². The number of anilines is 1. The lowest BCUT2D eigenvalue weighted by Gasteiger charge is -2.16. The van der Waals surface area contributed by atoms with Gasteiger partial charge in [-0.05, 0) is 37.7 Å². The molecule has 1 heterocycles. The van der Waals surface area contributed by atoms with E-state index in [4.69, 9.17) is 0 Å². The summed E-state index contributed by atoms with van der Waals surface area (Å²) in [5.74, 6) is -0.0460. The molecule has 0 aromatic heterocycles. The molecule has 0 saturated heterocycles. The van der Waals surface area contributed by atoms with Crippen molar-refractivity contribution >= 4 is 5.69 Å². The fourth-order valence-electron chi connectivity index (χ4n) is 2.64. The van der Waals surface area contributed by atoms with Gasteiger partial charge >= 0.3 is 6.18 Å². The first-order chi connectivity index (χ1) is 8.45. The Balaban J connectivity index is 2.42. The Labute approximate surface area is 105 Å². The minimum absolute atomic E-state index is 0.0460. The van der Waals surface area contributed by atoms with Crippen LogP contribution in [0.1, 0.15) is 23.5 Å². The number of hydrogen-bond donors (Lipinski definition) is 1. The van der Waals surface area contributed by atoms with Crippen molar-refractivity contribution in [2.24, 2.45) is 0 Å². The van der Waals surface area contributed by atoms with Gasteiger partial charge in [-0.1, -0.05) is 6.07 Å². The normalized spacial score (nSPS) is 19.2. The van der Waals surface area contributed by atoms with Crippen LogP contribution in [0.2, 0.25) is 0 Å². The fraction of sp³-hybridized carbons (Fsp3) is 0.538. The Morgan fingerprint density at radius 3 is 2.72 bits per heavy atom. The second-order valence-corrected chi connectivity index (χ2v) is 4.71. The van der Waals surface area contributed by atoms with Crippen LogP contribution in [-0.2, 0) is 6.18 Å². The molecule has 0 aliphatic carbocycles. The van der Waals surface area contributed by atoms with Crippen LogP contribution in [0.3, 0.4) is 0 Å². The molecule has 2 nitrogen and oxygen atoms in total. The number of likely N-dealkylation sites (N-methyl/N-ethyl adjacent to an activating group) is 1. The largest absolute Gasteiger partial charge is 0.416 e. The maximum atomic E-state index is 13.0. The molecule has 2 rings (SSSR count). The third kappa shape index (κ3) is 2.32. The monoisotopic (exact) mass is 258 g/mol. The summed E-state index contributed by atoms with van der Waals surface area (Å²) in [7, 11) is 3.66. The van der Waals surface area contributed by atoms with E-state index in [0.717, 1.165) is 13.0 Å². The second kappa shape index (κ2) is 4.80. The van der Waals surface area contributed by atoms with E-state index in [0.29, 0.717) is 17.8 Å². The molecule has 100 valence electrons. The van der Waals surface area contributed by atoms with E-state index in [-0.39, 0.29) is 5.92 Å². The predicted molar refractivity (Wildman–Crippen MR) is 66.0 cm³/mol. The van der Waals surface area contributed by atoms with Crippen molar-refractivity contribution in [2.75, 3.05) is 32.1 Å². The highest BCUT2D eigenvalue weighted by Gasteiger charge is 2.39. The average molecular weight is 258 g/mol. The van der Waals surface area contributed by atoms with E-state index in [9.17, 15) is 13.2 Å². The summed E-state index contributed by atoms with van der Waals surface area (Å²) in [6.07, 6.45) is -3.55. The summed E-state index contributed by atoms with van der Waals surface area (Å²) in [6.45, 7) is 1.38. The number of nitrogens with one attached hydrogen (secondary N) is 1. The van der Waals surface area contributed by atoms with Gasteiger partial charge in [-0.3, -0.25) is 0 Å². The average Bonchev–Trinajstić information content (AvgIpc) is 2.63. The minimum Gasteiger partial charge on any atom is -0.374 e. The number of nitrogens with zero attached hydrogens (tertiary/aromatic N) is 1. The number of hydrogen-bond acceptors (Lipinski definition) is 2. The molecule has 0 radical (unpaired) electrons. The molecule has 0 saturated carbocycles. The summed E-state index contributed by atoms with van der Waals surface area (Å²) in [5.41, 5.74) is 0.694. The van der Waals surface area contributed by atoms with E-state index in [1.807, 2.05) is 19.0 Å². The van der Waals surface area contributed by atoms with Gasteiger partial charge in [-0.2, -0.15) is 13.2 Å². The van der Waals surface area contributed by atoms with Crippen LogP contribution >= 0.6 is 0 Å². The molecule has 1 unspecified atom stereocenters. The highest BCUT2D eigenvalue weighted by Crippen LogP contribution is 2.44. The van der Waals surface area contributed by atoms with Gasteiger partial charge in [-0.15, -0.1) is 0 Å². The van der Waals surface area contributed by atoms with E-state index in [1.54, 1.807) is 6.07 Å². The van der Waals surface area contributed by atoms with Crippen LogP contribution in [0.5, 0.6) is 0 Å². The fourth-order valence-corrected chi connectivity index (χ4v) is 2.64. The molecule has 5 heteroatoms. The Kier molecular flexibility index (Phi) is 3.52. The molecule has 1 aliphatic rings. The number of halogens is 3. The van der Waals surface area contributed by atoms with Crippen molar-refractivity contribution < 1.29 is 13.2 Å². The summed E-state index contributed by atoms with van der Waals surface area (Å²) in [6, 6.07) is 4.44. The minimum atomic E-state index is -4.27. The molecule has 0 bridgehead atoms. The van der Waals surface area contributed by atoms with Crippen molar-refractivity contribution in [1.82, 2.24) is 5.32 Å². The van der Waals surface area contributed by atoms with E-state index < -0.39 is 11.7 Å². The van der Waals surface area contributed by atoms with Crippen molar-refractivity contribution in [2.45, 2.75) is 18.5 Å². The van der Waals surface area contributed by atoms with Gasteiger partial charge in [0.25, 0.3) is 0 Å². The van der Waals surface area contributed by atoms with Crippen molar-refractivity contribution in [3.8, 4) is 0 Å². The third-order valence-electron chi connectivity index (χ3n) is 3.45. The quantitative estimate of drug-likeness (QED) is 0.896. The zero-order valence-corrected chi connectivity index (χ0v) is 10.5. The van der Waals surface area contributed by atoms with E-state index >= 15 is 0 Å². The Hall–Kier alpha value is -1.23. The van der Waals surface area contributed by atoms with Gasteiger partial charge in [-0.25, -0.2) is 0 Å². The summed E-state index contributed by atoms with van der Waals surface area (Å²) in [4.78, 5) is 1.91. The Bertz CT molecular complexity index is 429. The molecule has 0 spiro atoms. The molecular formula is C13H17F3N2. The van der Waals surface area contributed by atoms with Gasteiger partial charge in [0.05, 0.1) is 5.56 Å². The molecule has 1 aromatic rings. The number of fused-ring (bicyclic) bond motifs is 1. The van der Waals surface area contributed by atoms with Crippen LogP contribution < -0.4 is 10.2 Å². The first-order valence-electron chi connectivity index (χ1n) is 6.01. The molecular weight excluding hydrogens is 241 g/mol. The van der Waals surface area contributed by atoms with Gasteiger partial charge < -0.3 is 10.2 Å². The van der Waals surface area contributed by atoms with Crippen LogP contribution in [0.15, 0.2) is 18.2 Å². The number of alkyl halides is 3. The van der Waals surface area contributed by atoms with Crippen LogP contribution in [0.4, 0.5) is 18.9 Å². The highest BCUT2D eigenvalue weighted by molar-refractivity contribution is 5.63. The Morgan fingerprint density at radius 2 is 2.11 bits per heavy atom. The van der Waals surface area contributed by atoms with Crippen LogP contribution in [0.25, 0.3) is 0 Å². The number of benzene rings is 1. The maximum Gasteiger partial charge on any atom is 0.416 e. The first-order valence-corrected chi connectivity index (χ1v) is 6.01. The first kappa shape index (κ1) is 13.2. The molecule has 1 atom stereocenters. The molecule has 1 aromatic carbocycles. The van der Waals surface area contributed by atoms with Gasteiger partial charge in [0.1, 0.15) is 0 Å². The van der Waals surface area contributed by atoms with Crippen LogP contribution in [-0.4, -0.2) is 27.2 Å². The third-order valence-corrected chi connectivity index (χ3v) is 3.45. The summed E-state index contributed by atoms with van der Waals surface area (Å²) < 4.78 is 39.1. The van der Waals surface area contributed by atoms with Crippen LogP contribution in [0, 0.1) is 0 Å². The summed E-state index contributed by atoms with van der Waals surface area (Å²) >= 11 is 0. The lowest BCUT2D eigenvalue weighted by atomic mass is 9.93. The van der Waals surface area contributed by atoms with E-state index in [1.165, 1.54) is 12.1 Å². The standard InChI is InChI=1S/C13H17F3N2/c1-17-7-6-9-8-18(2)11-5-3-4-10(12(9)11)13(14,15)16/h3-5,9,17H,6-8H2,1-2H3. The molecule has 0 fully saturated rings. The molecule has 18 heavy (non-hydrogen) atoms. The van der Waals surface area contributed by atoms with E-state index in [2.05, 4.69) is 5.32 Å². The van der Waals surface area contributed by atoms with Crippen molar-refractivity contribution in [1.29, 1.82) is 0 Å². The van der Waals surface area contributed by atoms with Gasteiger partial charge in [0.15, 0.2) is 0 Å². The maximum absolute atomic E-state index is 13.0. The lowest BCUT2D eigenvalue weighted by molar-refractivity contribution is -0.138. The van der Waals surface area contributed by atoms with Gasteiger partial charge in [0, 0.05) is 25.2 Å². The molecule has 1 N–H and O–H groups in total. The SMILES string of the molecule is CNCCC1CN(C)c2cccc(C(F)(F)F)c21. The molecule has 1 aliphatic heterocycles. The topological polar surface area (TPSA) is 15.3 Å². The number of rotatable bonds is 3. The van der Waals surface area contributed by atoms with Crippen molar-refractivity contribution in [3.63, 3.8) is 0 Å². The highest BCUT2D eigenvalue weighted by atomic mass is 19.4. The van der Waals surface area contributed by atoms with Crippen molar-refractivity contribution in [3.05, 3.63) is 29.3 Å². The Morgan fingerprint density at radius 1 is 1.39 bits per heavy atom. The summed E-state index contributed by atoms with van der Waals surface area (Å²) in [5, 5.41) is 3.00. The zero-order chi connectivity index (χ0) is 13.3. The lowest BCUT2D eigenvalue weighted by Crippen LogP contribution is -2.19. The zero-order valence-electron chi connectivity index (χ0n) is 10.5. The smallest absolute Gasteiger partial charge is 0.374 e.